The Labute approximate surface area is 136 Å². The molecule has 0 radical (unpaired) electrons. The average molecular weight is 392 g/mol. The lowest BCUT2D eigenvalue weighted by Crippen LogP contribution is -2.24. The number of ether oxygens (including phenoxy) is 2. The van der Waals surface area contributed by atoms with Crippen LogP contribution in [-0.4, -0.2) is 51.5 Å². The molecule has 1 atom stereocenters. The van der Waals surface area contributed by atoms with E-state index >= 15 is 0 Å². The molecule has 1 heterocycles. The molecular weight excluding hydrogens is 378 g/mol. The number of halogens is 1. The number of carbonyl (C=O) groups is 2. The molecule has 1 aromatic rings. The minimum absolute atomic E-state index is 0.0302. The second-order valence-electron chi connectivity index (χ2n) is 4.78. The smallest absolute Gasteiger partial charge is 0.347 e. The van der Waals surface area contributed by atoms with Crippen LogP contribution in [0.2, 0.25) is 0 Å². The lowest BCUT2D eigenvalue weighted by molar-refractivity contribution is -0.145. The molecule has 1 aliphatic heterocycles. The van der Waals surface area contributed by atoms with E-state index in [0.29, 0.717) is 4.47 Å². The Morgan fingerprint density at radius 3 is 2.64 bits per heavy atom. The van der Waals surface area contributed by atoms with E-state index in [2.05, 4.69) is 15.9 Å². The largest absolute Gasteiger partial charge is 0.463 e. The second-order valence-corrected chi connectivity index (χ2v) is 7.79. The fraction of sp³-hybridized carbons (Fsp3) is 0.385. The van der Waals surface area contributed by atoms with Crippen LogP contribution in [0, 0.1) is 0 Å². The van der Waals surface area contributed by atoms with Crippen molar-refractivity contribution < 1.29 is 27.5 Å². The molecule has 120 valence electrons. The Kier molecular flexibility index (Phi) is 4.88. The molecule has 0 unspecified atom stereocenters. The van der Waals surface area contributed by atoms with Gasteiger partial charge in [-0.25, -0.2) is 22.3 Å². The minimum Gasteiger partial charge on any atom is -0.463 e. The van der Waals surface area contributed by atoms with E-state index in [4.69, 9.17) is 9.47 Å². The van der Waals surface area contributed by atoms with Crippen molar-refractivity contribution in [3.05, 3.63) is 28.2 Å². The van der Waals surface area contributed by atoms with Gasteiger partial charge in [-0.1, -0.05) is 0 Å². The summed E-state index contributed by atoms with van der Waals surface area (Å²) in [5.41, 5.74) is 0.0302. The van der Waals surface area contributed by atoms with Gasteiger partial charge >= 0.3 is 11.9 Å². The van der Waals surface area contributed by atoms with E-state index in [1.165, 1.54) is 32.3 Å². The lowest BCUT2D eigenvalue weighted by Gasteiger charge is -2.14. The van der Waals surface area contributed by atoms with E-state index in [0.717, 1.165) is 4.31 Å². The van der Waals surface area contributed by atoms with E-state index in [1.54, 1.807) is 0 Å². The summed E-state index contributed by atoms with van der Waals surface area (Å²) in [6.45, 7) is 0.201. The molecule has 2 rings (SSSR count). The zero-order valence-electron chi connectivity index (χ0n) is 11.9. The zero-order valence-corrected chi connectivity index (χ0v) is 14.3. The molecule has 0 aliphatic carbocycles. The first-order valence-corrected chi connectivity index (χ1v) is 8.56. The van der Waals surface area contributed by atoms with Crippen LogP contribution in [0.15, 0.2) is 27.6 Å². The first-order valence-electron chi connectivity index (χ1n) is 6.33. The number of sulfonamides is 1. The zero-order chi connectivity index (χ0) is 16.5. The van der Waals surface area contributed by atoms with Crippen LogP contribution in [0.5, 0.6) is 0 Å². The summed E-state index contributed by atoms with van der Waals surface area (Å²) in [5, 5.41) is 0. The van der Waals surface area contributed by atoms with Crippen molar-refractivity contribution in [3.8, 4) is 0 Å². The first kappa shape index (κ1) is 16.9. The summed E-state index contributed by atoms with van der Waals surface area (Å²) in [4.78, 5) is 23.4. The Hall–Kier alpha value is -1.45. The fourth-order valence-electron chi connectivity index (χ4n) is 1.81. The van der Waals surface area contributed by atoms with E-state index in [1.807, 2.05) is 0 Å². The SMILES string of the molecule is CN(C)S(=O)(=O)c1ccc(Br)c(C(=O)O[C@H]2CCOC2=O)c1. The van der Waals surface area contributed by atoms with Gasteiger partial charge in [-0.05, 0) is 34.1 Å². The number of hydrogen-bond acceptors (Lipinski definition) is 6. The van der Waals surface area contributed by atoms with Gasteiger partial charge in [0, 0.05) is 25.0 Å². The molecule has 9 heteroatoms. The molecule has 1 fully saturated rings. The van der Waals surface area contributed by atoms with Crippen LogP contribution in [0.4, 0.5) is 0 Å². The lowest BCUT2D eigenvalue weighted by atomic mass is 10.2. The van der Waals surface area contributed by atoms with Crippen molar-refractivity contribution in [2.24, 2.45) is 0 Å². The van der Waals surface area contributed by atoms with Gasteiger partial charge in [0.1, 0.15) is 0 Å². The molecule has 0 saturated carbocycles. The Bertz CT molecular complexity index is 715. The quantitative estimate of drug-likeness (QED) is 0.715. The van der Waals surface area contributed by atoms with E-state index in [9.17, 15) is 18.0 Å². The van der Waals surface area contributed by atoms with Gasteiger partial charge in [0.05, 0.1) is 17.1 Å². The van der Waals surface area contributed by atoms with Crippen molar-refractivity contribution in [2.45, 2.75) is 17.4 Å². The normalized spacial score (nSPS) is 18.4. The van der Waals surface area contributed by atoms with Crippen LogP contribution in [0.3, 0.4) is 0 Å². The molecular formula is C13H14BrNO6S. The van der Waals surface area contributed by atoms with Crippen LogP contribution in [0.1, 0.15) is 16.8 Å². The molecule has 0 aromatic heterocycles. The topological polar surface area (TPSA) is 90.0 Å². The van der Waals surface area contributed by atoms with Crippen LogP contribution >= 0.6 is 15.9 Å². The Morgan fingerprint density at radius 2 is 2.09 bits per heavy atom. The minimum atomic E-state index is -3.67. The van der Waals surface area contributed by atoms with Crippen molar-refractivity contribution >= 4 is 37.9 Å². The maximum Gasteiger partial charge on any atom is 0.347 e. The van der Waals surface area contributed by atoms with Gasteiger partial charge in [0.25, 0.3) is 0 Å². The van der Waals surface area contributed by atoms with Crippen LogP contribution < -0.4 is 0 Å². The number of hydrogen-bond donors (Lipinski definition) is 0. The number of nitrogens with zero attached hydrogens (tertiary/aromatic N) is 1. The summed E-state index contributed by atoms with van der Waals surface area (Å²) < 4.78 is 35.4. The highest BCUT2D eigenvalue weighted by molar-refractivity contribution is 9.10. The average Bonchev–Trinajstić information content (AvgIpc) is 2.84. The summed E-state index contributed by atoms with van der Waals surface area (Å²) >= 11 is 3.17. The van der Waals surface area contributed by atoms with Crippen molar-refractivity contribution in [1.82, 2.24) is 4.31 Å². The van der Waals surface area contributed by atoms with Crippen molar-refractivity contribution in [1.29, 1.82) is 0 Å². The van der Waals surface area contributed by atoms with Crippen molar-refractivity contribution in [2.75, 3.05) is 20.7 Å². The second kappa shape index (κ2) is 6.35. The molecule has 1 aromatic carbocycles. The summed E-state index contributed by atoms with van der Waals surface area (Å²) in [6.07, 6.45) is -0.661. The van der Waals surface area contributed by atoms with Gasteiger partial charge in [-0.2, -0.15) is 0 Å². The highest BCUT2D eigenvalue weighted by Gasteiger charge is 2.31. The van der Waals surface area contributed by atoms with Gasteiger partial charge in [0.2, 0.25) is 16.1 Å². The number of rotatable bonds is 4. The van der Waals surface area contributed by atoms with Gasteiger partial charge in [-0.15, -0.1) is 0 Å². The molecule has 0 amide bonds. The molecule has 0 spiro atoms. The molecule has 7 nitrogen and oxygen atoms in total. The molecule has 22 heavy (non-hydrogen) atoms. The predicted octanol–water partition coefficient (Wildman–Crippen LogP) is 1.17. The molecule has 1 saturated heterocycles. The third-order valence-electron chi connectivity index (χ3n) is 3.07. The Balaban J connectivity index is 2.31. The third kappa shape index (κ3) is 3.31. The highest BCUT2D eigenvalue weighted by Crippen LogP contribution is 2.24. The third-order valence-corrected chi connectivity index (χ3v) is 5.58. The van der Waals surface area contributed by atoms with Crippen LogP contribution in [-0.2, 0) is 24.3 Å². The highest BCUT2D eigenvalue weighted by atomic mass is 79.9. The van der Waals surface area contributed by atoms with Gasteiger partial charge < -0.3 is 9.47 Å². The first-order chi connectivity index (χ1) is 10.2. The number of benzene rings is 1. The summed E-state index contributed by atoms with van der Waals surface area (Å²) in [7, 11) is -0.889. The van der Waals surface area contributed by atoms with Gasteiger partial charge in [-0.3, -0.25) is 0 Å². The number of carbonyl (C=O) groups excluding carboxylic acids is 2. The number of esters is 2. The maximum atomic E-state index is 12.1. The summed E-state index contributed by atoms with van der Waals surface area (Å²) in [6, 6.07) is 4.03. The maximum absolute atomic E-state index is 12.1. The monoisotopic (exact) mass is 391 g/mol. The van der Waals surface area contributed by atoms with Crippen molar-refractivity contribution in [3.63, 3.8) is 0 Å². The molecule has 0 bridgehead atoms. The fourth-order valence-corrected chi connectivity index (χ4v) is 3.15. The predicted molar refractivity (Wildman–Crippen MR) is 79.8 cm³/mol. The van der Waals surface area contributed by atoms with Gasteiger partial charge in [0.15, 0.2) is 0 Å². The van der Waals surface area contributed by atoms with Crippen LogP contribution in [0.25, 0.3) is 0 Å². The number of cyclic esters (lactones) is 1. The molecule has 0 N–H and O–H groups in total. The van der Waals surface area contributed by atoms with E-state index < -0.39 is 28.1 Å². The summed E-state index contributed by atoms with van der Waals surface area (Å²) in [5.74, 6) is -1.38. The molecule has 1 aliphatic rings. The Morgan fingerprint density at radius 1 is 1.41 bits per heavy atom. The van der Waals surface area contributed by atoms with E-state index in [-0.39, 0.29) is 23.5 Å². The standard InChI is InChI=1S/C13H14BrNO6S/c1-15(2)22(18,19)8-3-4-10(14)9(7-8)12(16)21-11-5-6-20-13(11)17/h3-4,7,11H,5-6H2,1-2H3/t11-/m0/s1.